The summed E-state index contributed by atoms with van der Waals surface area (Å²) in [5.41, 5.74) is 3.57. The van der Waals surface area contributed by atoms with Gasteiger partial charge in [-0.25, -0.2) is 9.37 Å². The van der Waals surface area contributed by atoms with E-state index >= 15 is 0 Å². The van der Waals surface area contributed by atoms with Crippen LogP contribution in [0.1, 0.15) is 40.5 Å². The normalized spacial score (nSPS) is 13.8. The molecular weight excluding hydrogens is 373 g/mol. The van der Waals surface area contributed by atoms with Gasteiger partial charge in [0.1, 0.15) is 11.5 Å². The Kier molecular flexibility index (Phi) is 3.94. The molecule has 1 saturated carbocycles. The molecule has 0 bridgehead atoms. The van der Waals surface area contributed by atoms with Gasteiger partial charge in [-0.1, -0.05) is 5.16 Å². The van der Waals surface area contributed by atoms with Crippen LogP contribution in [0.4, 0.5) is 10.2 Å². The average molecular weight is 391 g/mol. The maximum atomic E-state index is 13.3. The first-order valence-corrected chi connectivity index (χ1v) is 9.38. The lowest BCUT2D eigenvalue weighted by Crippen LogP contribution is -2.14. The number of aromatic nitrogens is 4. The summed E-state index contributed by atoms with van der Waals surface area (Å²) in [6.45, 7) is 1.91. The molecule has 0 unspecified atom stereocenters. The lowest BCUT2D eigenvalue weighted by molar-refractivity contribution is 0.102. The summed E-state index contributed by atoms with van der Waals surface area (Å²) in [5, 5.41) is 11.8. The second kappa shape index (κ2) is 6.51. The summed E-state index contributed by atoms with van der Waals surface area (Å²) in [6.07, 6.45) is 2.08. The highest BCUT2D eigenvalue weighted by molar-refractivity contribution is 6.14. The smallest absolute Gasteiger partial charge is 0.259 e. The predicted molar refractivity (Wildman–Crippen MR) is 105 cm³/mol. The van der Waals surface area contributed by atoms with Crippen molar-refractivity contribution in [1.82, 2.24) is 19.9 Å². The average Bonchev–Trinajstić information content (AvgIpc) is 3.39. The van der Waals surface area contributed by atoms with Crippen LogP contribution in [-0.4, -0.2) is 25.8 Å². The number of pyridine rings is 1. The number of hydrogen-bond donors (Lipinski definition) is 1. The summed E-state index contributed by atoms with van der Waals surface area (Å²) >= 11 is 0. The van der Waals surface area contributed by atoms with E-state index in [4.69, 9.17) is 4.52 Å². The van der Waals surface area contributed by atoms with Crippen LogP contribution in [0.3, 0.4) is 0 Å². The van der Waals surface area contributed by atoms with Crippen LogP contribution in [0, 0.1) is 12.7 Å². The Balaban J connectivity index is 1.63. The van der Waals surface area contributed by atoms with Gasteiger partial charge in [-0.05, 0) is 50.1 Å². The van der Waals surface area contributed by atoms with E-state index in [-0.39, 0.29) is 11.7 Å². The molecule has 29 heavy (non-hydrogen) atoms. The molecule has 1 amide bonds. The first kappa shape index (κ1) is 17.5. The fourth-order valence-electron chi connectivity index (χ4n) is 3.35. The molecule has 1 aliphatic rings. The molecule has 0 spiro atoms. The van der Waals surface area contributed by atoms with Crippen molar-refractivity contribution >= 4 is 22.8 Å². The summed E-state index contributed by atoms with van der Waals surface area (Å²) in [4.78, 5) is 17.7. The number of hydrogen-bond acceptors (Lipinski definition) is 5. The van der Waals surface area contributed by atoms with Crippen LogP contribution in [0.15, 0.2) is 40.9 Å². The van der Waals surface area contributed by atoms with E-state index in [0.717, 1.165) is 24.2 Å². The number of nitrogens with zero attached hydrogens (tertiary/aromatic N) is 4. The van der Waals surface area contributed by atoms with Gasteiger partial charge >= 0.3 is 0 Å². The lowest BCUT2D eigenvalue weighted by Gasteiger charge is -2.07. The number of carbonyl (C=O) groups excluding carboxylic acids is 1. The first-order valence-electron chi connectivity index (χ1n) is 9.38. The largest absolute Gasteiger partial charge is 0.335 e. The topological polar surface area (TPSA) is 85.8 Å². The van der Waals surface area contributed by atoms with Crippen molar-refractivity contribution in [1.29, 1.82) is 0 Å². The summed E-state index contributed by atoms with van der Waals surface area (Å²) in [5.74, 6) is 0.137. The Morgan fingerprint density at radius 1 is 1.24 bits per heavy atom. The van der Waals surface area contributed by atoms with Gasteiger partial charge in [-0.15, -0.1) is 0 Å². The zero-order valence-corrected chi connectivity index (χ0v) is 15.9. The fourth-order valence-corrected chi connectivity index (χ4v) is 3.35. The van der Waals surface area contributed by atoms with Crippen LogP contribution < -0.4 is 5.32 Å². The number of anilines is 1. The van der Waals surface area contributed by atoms with E-state index in [9.17, 15) is 9.18 Å². The van der Waals surface area contributed by atoms with E-state index < -0.39 is 0 Å². The zero-order chi connectivity index (χ0) is 20.1. The van der Waals surface area contributed by atoms with E-state index in [0.29, 0.717) is 39.7 Å². The lowest BCUT2D eigenvalue weighted by atomic mass is 10.0. The Morgan fingerprint density at radius 3 is 2.66 bits per heavy atom. The number of amides is 1. The van der Waals surface area contributed by atoms with Crippen LogP contribution in [0.25, 0.3) is 22.4 Å². The third-order valence-electron chi connectivity index (χ3n) is 5.18. The van der Waals surface area contributed by atoms with E-state index in [1.165, 1.54) is 12.1 Å². The van der Waals surface area contributed by atoms with Crippen molar-refractivity contribution in [2.24, 2.45) is 7.05 Å². The van der Waals surface area contributed by atoms with Crippen molar-refractivity contribution < 1.29 is 13.7 Å². The highest BCUT2D eigenvalue weighted by atomic mass is 19.1. The van der Waals surface area contributed by atoms with E-state index in [1.807, 2.05) is 14.0 Å². The van der Waals surface area contributed by atoms with Gasteiger partial charge in [0.05, 0.1) is 10.9 Å². The number of benzene rings is 1. The van der Waals surface area contributed by atoms with Crippen molar-refractivity contribution in [3.8, 4) is 11.3 Å². The van der Waals surface area contributed by atoms with Gasteiger partial charge in [0.15, 0.2) is 5.82 Å². The quantitative estimate of drug-likeness (QED) is 0.563. The summed E-state index contributed by atoms with van der Waals surface area (Å²) < 4.78 is 20.5. The Labute approximate surface area is 165 Å². The number of rotatable bonds is 4. The highest BCUT2D eigenvalue weighted by Crippen LogP contribution is 2.41. The Morgan fingerprint density at radius 2 is 2.00 bits per heavy atom. The summed E-state index contributed by atoms with van der Waals surface area (Å²) in [6, 6.07) is 9.49. The van der Waals surface area contributed by atoms with Crippen LogP contribution in [0.2, 0.25) is 0 Å². The number of carbonyl (C=O) groups is 1. The van der Waals surface area contributed by atoms with Gasteiger partial charge in [-0.2, -0.15) is 5.10 Å². The molecule has 1 aromatic carbocycles. The van der Waals surface area contributed by atoms with Gasteiger partial charge in [0.2, 0.25) is 0 Å². The molecule has 5 rings (SSSR count). The predicted octanol–water partition coefficient (Wildman–Crippen LogP) is 4.20. The SMILES string of the molecule is Cc1cc(NC(=O)c2cc(C3CC3)nc3onc(-c4ccc(F)cc4)c23)nn1C. The maximum Gasteiger partial charge on any atom is 0.259 e. The van der Waals surface area contributed by atoms with Crippen molar-refractivity contribution in [3.63, 3.8) is 0 Å². The standard InChI is InChI=1S/C21H18FN5O2/c1-11-9-17(25-27(11)2)24-20(28)15-10-16(12-3-4-12)23-21-18(15)19(26-29-21)13-5-7-14(22)8-6-13/h5-10,12H,3-4H2,1-2H3,(H,24,25,28). The van der Waals surface area contributed by atoms with Crippen molar-refractivity contribution in [3.05, 3.63) is 59.2 Å². The molecular formula is C21H18FN5O2. The molecule has 0 atom stereocenters. The number of aryl methyl sites for hydroxylation is 2. The fraction of sp³-hybridized carbons (Fsp3) is 0.238. The molecule has 1 N–H and O–H groups in total. The van der Waals surface area contributed by atoms with E-state index in [2.05, 4.69) is 20.6 Å². The Bertz CT molecular complexity index is 1220. The van der Waals surface area contributed by atoms with Crippen LogP contribution >= 0.6 is 0 Å². The molecule has 1 fully saturated rings. The van der Waals surface area contributed by atoms with E-state index in [1.54, 1.807) is 28.9 Å². The van der Waals surface area contributed by atoms with Crippen molar-refractivity contribution in [2.45, 2.75) is 25.7 Å². The number of halogens is 1. The molecule has 8 heteroatoms. The molecule has 0 saturated heterocycles. The minimum Gasteiger partial charge on any atom is -0.335 e. The Hall–Kier alpha value is -3.55. The second-order valence-corrected chi connectivity index (χ2v) is 7.34. The molecule has 7 nitrogen and oxygen atoms in total. The molecule has 3 heterocycles. The number of nitrogens with one attached hydrogen (secondary N) is 1. The van der Waals surface area contributed by atoms with Gasteiger partial charge in [-0.3, -0.25) is 9.48 Å². The van der Waals surface area contributed by atoms with Gasteiger partial charge in [0, 0.05) is 36.0 Å². The van der Waals surface area contributed by atoms with Gasteiger partial charge < -0.3 is 9.84 Å². The molecule has 4 aromatic rings. The molecule has 0 aliphatic heterocycles. The highest BCUT2D eigenvalue weighted by Gasteiger charge is 2.29. The molecule has 146 valence electrons. The third kappa shape index (κ3) is 3.16. The monoisotopic (exact) mass is 391 g/mol. The minimum absolute atomic E-state index is 0.302. The first-order chi connectivity index (χ1) is 14.0. The molecule has 1 aliphatic carbocycles. The minimum atomic E-state index is -0.348. The third-order valence-corrected chi connectivity index (χ3v) is 5.18. The number of fused-ring (bicyclic) bond motifs is 1. The van der Waals surface area contributed by atoms with Crippen LogP contribution in [0.5, 0.6) is 0 Å². The maximum absolute atomic E-state index is 13.3. The van der Waals surface area contributed by atoms with Crippen LogP contribution in [-0.2, 0) is 7.05 Å². The van der Waals surface area contributed by atoms with Crippen molar-refractivity contribution in [2.75, 3.05) is 5.32 Å². The molecule has 0 radical (unpaired) electrons. The second-order valence-electron chi connectivity index (χ2n) is 7.34. The van der Waals surface area contributed by atoms with Gasteiger partial charge in [0.25, 0.3) is 11.6 Å². The molecule has 3 aromatic heterocycles. The summed E-state index contributed by atoms with van der Waals surface area (Å²) in [7, 11) is 1.81. The zero-order valence-electron chi connectivity index (χ0n) is 15.9.